The van der Waals surface area contributed by atoms with Gasteiger partial charge in [0.15, 0.2) is 23.0 Å². The van der Waals surface area contributed by atoms with Crippen molar-refractivity contribution >= 4 is 11.8 Å². The van der Waals surface area contributed by atoms with E-state index in [1.54, 1.807) is 36.2 Å². The molecule has 10 nitrogen and oxygen atoms in total. The number of carbonyl (C=O) groups is 2. The van der Waals surface area contributed by atoms with Crippen LogP contribution in [0.5, 0.6) is 34.5 Å². The Hall–Kier alpha value is -5.64. The van der Waals surface area contributed by atoms with Crippen molar-refractivity contribution in [2.45, 2.75) is 24.3 Å². The number of rotatable bonds is 4. The lowest BCUT2D eigenvalue weighted by Gasteiger charge is -2.50. The van der Waals surface area contributed by atoms with E-state index in [0.29, 0.717) is 47.6 Å². The lowest BCUT2D eigenvalue weighted by atomic mass is 9.88. The molecule has 0 aliphatic carbocycles. The van der Waals surface area contributed by atoms with E-state index < -0.39 is 24.3 Å². The van der Waals surface area contributed by atoms with Gasteiger partial charge >= 0.3 is 0 Å². The quantitative estimate of drug-likeness (QED) is 0.215. The average molecular weight is 649 g/mol. The number of amides is 2. The van der Waals surface area contributed by atoms with E-state index in [9.17, 15) is 9.59 Å². The van der Waals surface area contributed by atoms with Crippen LogP contribution >= 0.6 is 0 Å². The molecular weight excluding hydrogens is 612 g/mol. The second-order valence-corrected chi connectivity index (χ2v) is 11.6. The molecule has 5 aliphatic heterocycles. The van der Waals surface area contributed by atoms with E-state index in [2.05, 4.69) is 0 Å². The number of hydrogen-bond acceptors (Lipinski definition) is 8. The topological polar surface area (TPSA) is 96.0 Å². The summed E-state index contributed by atoms with van der Waals surface area (Å²) in [6.07, 6.45) is 2.13. The van der Waals surface area contributed by atoms with Crippen molar-refractivity contribution in [2.75, 3.05) is 40.5 Å². The normalized spacial score (nSPS) is 22.9. The van der Waals surface area contributed by atoms with Gasteiger partial charge in [-0.15, -0.1) is 0 Å². The largest absolute Gasteiger partial charge is 0.497 e. The third kappa shape index (κ3) is 5.97. The van der Waals surface area contributed by atoms with Gasteiger partial charge in [0.25, 0.3) is 11.8 Å². The molecule has 4 bridgehead atoms. The Labute approximate surface area is 279 Å². The summed E-state index contributed by atoms with van der Waals surface area (Å²) in [5.74, 6) is 3.06. The summed E-state index contributed by atoms with van der Waals surface area (Å²) in [7, 11) is 3.22. The Morgan fingerprint density at radius 2 is 0.917 bits per heavy atom. The van der Waals surface area contributed by atoms with Crippen molar-refractivity contribution in [1.29, 1.82) is 0 Å². The highest BCUT2D eigenvalue weighted by molar-refractivity contribution is 5.91. The fraction of sp³-hybridized carbons (Fsp3) is 0.263. The molecule has 5 aliphatic rings. The third-order valence-corrected chi connectivity index (χ3v) is 8.84. The van der Waals surface area contributed by atoms with E-state index >= 15 is 0 Å². The van der Waals surface area contributed by atoms with Crippen molar-refractivity contribution in [2.24, 2.45) is 0 Å². The van der Waals surface area contributed by atoms with Gasteiger partial charge in [0, 0.05) is 13.1 Å². The first-order chi connectivity index (χ1) is 23.6. The monoisotopic (exact) mass is 648 g/mol. The van der Waals surface area contributed by atoms with Crippen LogP contribution in [0.1, 0.15) is 23.2 Å². The maximum absolute atomic E-state index is 13.8. The van der Waals surface area contributed by atoms with Gasteiger partial charge in [-0.1, -0.05) is 48.5 Å². The summed E-state index contributed by atoms with van der Waals surface area (Å²) in [5, 5.41) is 0. The Morgan fingerprint density at radius 1 is 0.542 bits per heavy atom. The molecule has 9 rings (SSSR count). The number of β-lactam (4-membered cyclic amide) rings is 2. The zero-order valence-electron chi connectivity index (χ0n) is 26.7. The van der Waals surface area contributed by atoms with Crippen molar-refractivity contribution in [3.05, 3.63) is 120 Å². The number of carbonyl (C=O) groups excluding carboxylic acids is 2. The van der Waals surface area contributed by atoms with Crippen molar-refractivity contribution in [1.82, 2.24) is 9.80 Å². The van der Waals surface area contributed by atoms with Gasteiger partial charge in [0.2, 0.25) is 12.2 Å². The summed E-state index contributed by atoms with van der Waals surface area (Å²) < 4.78 is 35.6. The minimum Gasteiger partial charge on any atom is -0.497 e. The van der Waals surface area contributed by atoms with Gasteiger partial charge in [-0.2, -0.15) is 0 Å². The molecule has 4 aromatic rings. The van der Waals surface area contributed by atoms with Gasteiger partial charge in [0.05, 0.1) is 14.2 Å². The zero-order chi connectivity index (χ0) is 33.0. The van der Waals surface area contributed by atoms with Crippen LogP contribution < -0.4 is 28.4 Å². The molecule has 2 amide bonds. The minimum atomic E-state index is -0.783. The van der Waals surface area contributed by atoms with Crippen LogP contribution in [0.4, 0.5) is 0 Å². The molecular formula is C38H36N2O8. The second kappa shape index (κ2) is 13.6. The zero-order valence-corrected chi connectivity index (χ0v) is 26.7. The second-order valence-electron chi connectivity index (χ2n) is 11.6. The molecule has 4 atom stereocenters. The van der Waals surface area contributed by atoms with Crippen molar-refractivity contribution in [3.63, 3.8) is 0 Å². The van der Waals surface area contributed by atoms with Gasteiger partial charge in [-0.3, -0.25) is 9.59 Å². The van der Waals surface area contributed by atoms with Crippen LogP contribution in [-0.2, 0) is 9.59 Å². The number of ether oxygens (including phenoxy) is 6. The number of methoxy groups -OCH3 is 2. The molecule has 0 saturated carbocycles. The minimum absolute atomic E-state index is 0.173. The molecule has 2 saturated heterocycles. The fourth-order valence-corrected chi connectivity index (χ4v) is 6.31. The maximum atomic E-state index is 13.8. The Morgan fingerprint density at radius 3 is 1.29 bits per heavy atom. The van der Waals surface area contributed by atoms with Crippen LogP contribution in [0.25, 0.3) is 0 Å². The molecule has 5 heterocycles. The van der Waals surface area contributed by atoms with Crippen LogP contribution in [0.15, 0.2) is 109 Å². The molecule has 246 valence electrons. The molecule has 0 N–H and O–H groups in total. The van der Waals surface area contributed by atoms with Crippen molar-refractivity contribution < 1.29 is 38.0 Å². The van der Waals surface area contributed by atoms with Crippen LogP contribution in [0.3, 0.4) is 0 Å². The standard InChI is InChI=1S/C38H36N2O8/c1-43-27-17-13-25(14-18-27)33-35-37(41)39(33)21-22-40-34(26-15-19-28(44-2)20-16-26)36(38(40)42)48-32-12-6-4-10-30(32)46-24-8-7-23-45-29-9-3-5-11-31(29)47-35/h3-20,33-36H,21-24H2,1-2H3/b8-7+/t33-,34-,35+,36+/m1/s1. The van der Waals surface area contributed by atoms with E-state index in [1.807, 2.05) is 97.1 Å². The van der Waals surface area contributed by atoms with E-state index in [0.717, 1.165) is 11.1 Å². The predicted molar refractivity (Wildman–Crippen MR) is 177 cm³/mol. The third-order valence-electron chi connectivity index (χ3n) is 8.84. The first kappa shape index (κ1) is 31.0. The fourth-order valence-electron chi connectivity index (χ4n) is 6.31. The van der Waals surface area contributed by atoms with E-state index in [1.165, 1.54) is 0 Å². The first-order valence-electron chi connectivity index (χ1n) is 15.9. The molecule has 4 aromatic carbocycles. The Bertz CT molecular complexity index is 1660. The maximum Gasteiger partial charge on any atom is 0.266 e. The molecule has 48 heavy (non-hydrogen) atoms. The average Bonchev–Trinajstić information content (AvgIpc) is 3.13. The Kier molecular flexibility index (Phi) is 8.78. The van der Waals surface area contributed by atoms with Gasteiger partial charge in [-0.25, -0.2) is 0 Å². The van der Waals surface area contributed by atoms with Gasteiger partial charge in [0.1, 0.15) is 36.8 Å². The van der Waals surface area contributed by atoms with Crippen molar-refractivity contribution in [3.8, 4) is 34.5 Å². The van der Waals surface area contributed by atoms with Crippen LogP contribution in [-0.4, -0.2) is 74.3 Å². The molecule has 10 heteroatoms. The highest BCUT2D eigenvalue weighted by Crippen LogP contribution is 2.43. The highest BCUT2D eigenvalue weighted by atomic mass is 16.5. The van der Waals surface area contributed by atoms with E-state index in [4.69, 9.17) is 28.4 Å². The summed E-state index contributed by atoms with van der Waals surface area (Å²) in [5.41, 5.74) is 1.78. The molecule has 0 unspecified atom stereocenters. The van der Waals surface area contributed by atoms with Crippen LogP contribution in [0, 0.1) is 0 Å². The Balaban J connectivity index is 1.23. The molecule has 0 aromatic heterocycles. The summed E-state index contributed by atoms with van der Waals surface area (Å²) >= 11 is 0. The summed E-state index contributed by atoms with van der Waals surface area (Å²) in [6, 6.07) is 29.0. The van der Waals surface area contributed by atoms with Crippen LogP contribution in [0.2, 0.25) is 0 Å². The number of para-hydroxylation sites is 4. The first-order valence-corrected chi connectivity index (χ1v) is 15.9. The summed E-state index contributed by atoms with van der Waals surface area (Å²) in [4.78, 5) is 31.1. The predicted octanol–water partition coefficient (Wildman–Crippen LogP) is 5.39. The molecule has 2 fully saturated rings. The van der Waals surface area contributed by atoms with Gasteiger partial charge in [-0.05, 0) is 71.8 Å². The molecule has 0 spiro atoms. The SMILES string of the molecule is COc1ccc([C@@H]2[C@@H]3Oc4ccccc4OC/C=C/COc4ccccc4O[C@@H]4C(=O)N(CCN2C3=O)[C@@H]4c2ccc(OC)cc2)cc1. The number of benzene rings is 4. The van der Waals surface area contributed by atoms with Gasteiger partial charge < -0.3 is 38.2 Å². The highest BCUT2D eigenvalue weighted by Gasteiger charge is 2.53. The smallest absolute Gasteiger partial charge is 0.266 e. The lowest BCUT2D eigenvalue weighted by molar-refractivity contribution is -0.172. The molecule has 0 radical (unpaired) electrons. The van der Waals surface area contributed by atoms with E-state index in [-0.39, 0.29) is 25.0 Å². The number of hydrogen-bond donors (Lipinski definition) is 0. The number of nitrogens with zero attached hydrogens (tertiary/aromatic N) is 2. The lowest BCUT2D eigenvalue weighted by Crippen LogP contribution is -2.66. The summed E-state index contributed by atoms with van der Waals surface area (Å²) in [6.45, 7) is 1.13.